The lowest BCUT2D eigenvalue weighted by Crippen LogP contribution is -2.29. The summed E-state index contributed by atoms with van der Waals surface area (Å²) < 4.78 is 5.01. The number of carbonyl (C=O) groups is 3. The monoisotopic (exact) mass is 491 g/mol. The van der Waals surface area contributed by atoms with Crippen molar-refractivity contribution < 1.29 is 24.2 Å². The Morgan fingerprint density at radius 1 is 0.865 bits per heavy atom. The van der Waals surface area contributed by atoms with Crippen LogP contribution in [0, 0.1) is 0 Å². The number of fused-ring (bicyclic) bond motifs is 1. The van der Waals surface area contributed by atoms with Gasteiger partial charge in [-0.15, -0.1) is 0 Å². The van der Waals surface area contributed by atoms with Crippen molar-refractivity contribution in [2.24, 2.45) is 0 Å². The largest absolute Gasteiger partial charge is 0.507 e. The van der Waals surface area contributed by atoms with Crippen molar-refractivity contribution in [3.63, 3.8) is 0 Å². The molecule has 184 valence electrons. The molecule has 6 nitrogen and oxygen atoms in total. The lowest BCUT2D eigenvalue weighted by molar-refractivity contribution is -0.142. The minimum Gasteiger partial charge on any atom is -0.507 e. The Morgan fingerprint density at radius 3 is 2.24 bits per heavy atom. The van der Waals surface area contributed by atoms with Gasteiger partial charge in [0.2, 0.25) is 0 Å². The molecule has 1 atom stereocenters. The molecule has 1 aliphatic rings. The van der Waals surface area contributed by atoms with Crippen molar-refractivity contribution in [3.8, 4) is 0 Å². The molecule has 4 aromatic rings. The van der Waals surface area contributed by atoms with Gasteiger partial charge in [0.25, 0.3) is 11.7 Å². The Morgan fingerprint density at radius 2 is 1.54 bits per heavy atom. The van der Waals surface area contributed by atoms with Crippen molar-refractivity contribution >= 4 is 39.9 Å². The van der Waals surface area contributed by atoms with Crippen LogP contribution in [0.3, 0.4) is 0 Å². The maximum Gasteiger partial charge on any atom is 0.310 e. The molecule has 1 unspecified atom stereocenters. The van der Waals surface area contributed by atoms with Crippen molar-refractivity contribution in [2.75, 3.05) is 11.5 Å². The average molecular weight is 492 g/mol. The van der Waals surface area contributed by atoms with Gasteiger partial charge in [0.15, 0.2) is 0 Å². The Hall–Kier alpha value is -4.71. The third-order valence-electron chi connectivity index (χ3n) is 6.45. The van der Waals surface area contributed by atoms with Gasteiger partial charge in [0.1, 0.15) is 5.76 Å². The topological polar surface area (TPSA) is 83.9 Å². The summed E-state index contributed by atoms with van der Waals surface area (Å²) in [5.41, 5.74) is 2.40. The summed E-state index contributed by atoms with van der Waals surface area (Å²) in [5, 5.41) is 13.3. The molecule has 1 amide bonds. The van der Waals surface area contributed by atoms with Gasteiger partial charge in [0, 0.05) is 11.3 Å². The lowest BCUT2D eigenvalue weighted by Gasteiger charge is -2.25. The highest BCUT2D eigenvalue weighted by atomic mass is 16.5. The summed E-state index contributed by atoms with van der Waals surface area (Å²) in [6, 6.07) is 28.4. The number of benzene rings is 4. The van der Waals surface area contributed by atoms with Crippen LogP contribution in [-0.4, -0.2) is 29.4 Å². The molecule has 1 saturated heterocycles. The number of rotatable bonds is 6. The molecule has 0 bridgehead atoms. The Bertz CT molecular complexity index is 1520. The number of ketones is 1. The first kappa shape index (κ1) is 24.0. The molecule has 0 saturated carbocycles. The van der Waals surface area contributed by atoms with E-state index in [9.17, 15) is 19.5 Å². The fourth-order valence-corrected chi connectivity index (χ4v) is 4.69. The molecule has 0 radical (unpaired) electrons. The zero-order valence-corrected chi connectivity index (χ0v) is 20.3. The third kappa shape index (κ3) is 4.61. The average Bonchev–Trinajstić information content (AvgIpc) is 3.19. The molecular formula is C31H25NO5. The molecule has 0 spiro atoms. The second-order valence-corrected chi connectivity index (χ2v) is 8.79. The molecule has 1 fully saturated rings. The van der Waals surface area contributed by atoms with E-state index in [2.05, 4.69) is 0 Å². The van der Waals surface area contributed by atoms with E-state index in [1.807, 2.05) is 66.7 Å². The molecule has 1 heterocycles. The summed E-state index contributed by atoms with van der Waals surface area (Å²) in [6.45, 7) is 2.05. The lowest BCUT2D eigenvalue weighted by atomic mass is 9.94. The van der Waals surface area contributed by atoms with Crippen LogP contribution in [0.15, 0.2) is 103 Å². The molecule has 1 aliphatic heterocycles. The maximum absolute atomic E-state index is 13.4. The number of Topliss-reactive ketones (excluding diaryl/α,β-unsaturated/α-hetero) is 1. The molecule has 1 N–H and O–H groups in total. The SMILES string of the molecule is CCOC(=O)Cc1ccc(N2C(=O)C(=O)/C(=C(\O)c3ccc4ccccc4c3)C2c2ccccc2)cc1. The zero-order chi connectivity index (χ0) is 25.9. The predicted octanol–water partition coefficient (Wildman–Crippen LogP) is 5.57. The van der Waals surface area contributed by atoms with Crippen LogP contribution in [0.5, 0.6) is 0 Å². The summed E-state index contributed by atoms with van der Waals surface area (Å²) >= 11 is 0. The van der Waals surface area contributed by atoms with Crippen LogP contribution in [0.1, 0.15) is 29.7 Å². The molecule has 37 heavy (non-hydrogen) atoms. The van der Waals surface area contributed by atoms with Crippen LogP contribution < -0.4 is 4.90 Å². The van der Waals surface area contributed by atoms with Gasteiger partial charge in [-0.1, -0.05) is 78.9 Å². The van der Waals surface area contributed by atoms with E-state index in [-0.39, 0.29) is 23.7 Å². The highest BCUT2D eigenvalue weighted by molar-refractivity contribution is 6.51. The molecule has 4 aromatic carbocycles. The minimum absolute atomic E-state index is 0.0297. The van der Waals surface area contributed by atoms with Crippen LogP contribution >= 0.6 is 0 Å². The number of aliphatic hydroxyl groups excluding tert-OH is 1. The van der Waals surface area contributed by atoms with Crippen molar-refractivity contribution in [2.45, 2.75) is 19.4 Å². The van der Waals surface area contributed by atoms with Crippen LogP contribution in [0.2, 0.25) is 0 Å². The summed E-state index contributed by atoms with van der Waals surface area (Å²) in [4.78, 5) is 40.0. The van der Waals surface area contributed by atoms with Crippen molar-refractivity contribution in [3.05, 3.63) is 119 Å². The minimum atomic E-state index is -0.816. The van der Waals surface area contributed by atoms with Gasteiger partial charge in [0.05, 0.1) is 24.6 Å². The van der Waals surface area contributed by atoms with E-state index in [1.165, 1.54) is 4.90 Å². The first-order chi connectivity index (χ1) is 18.0. The number of ether oxygens (including phenoxy) is 1. The van der Waals surface area contributed by atoms with E-state index in [4.69, 9.17) is 4.74 Å². The van der Waals surface area contributed by atoms with E-state index in [0.717, 1.165) is 16.3 Å². The summed E-state index contributed by atoms with van der Waals surface area (Å²) in [5.74, 6) is -2.04. The highest BCUT2D eigenvalue weighted by Crippen LogP contribution is 2.42. The number of hydrogen-bond donors (Lipinski definition) is 1. The van der Waals surface area contributed by atoms with Crippen molar-refractivity contribution in [1.29, 1.82) is 0 Å². The van der Waals surface area contributed by atoms with Crippen LogP contribution in [0.4, 0.5) is 5.69 Å². The van der Waals surface area contributed by atoms with Crippen LogP contribution in [0.25, 0.3) is 16.5 Å². The van der Waals surface area contributed by atoms with Crippen LogP contribution in [-0.2, 0) is 25.5 Å². The molecule has 5 rings (SSSR count). The molecular weight excluding hydrogens is 466 g/mol. The number of hydrogen-bond acceptors (Lipinski definition) is 5. The van der Waals surface area contributed by atoms with Gasteiger partial charge in [-0.3, -0.25) is 19.3 Å². The van der Waals surface area contributed by atoms with Gasteiger partial charge >= 0.3 is 5.97 Å². The quantitative estimate of drug-likeness (QED) is 0.165. The van der Waals surface area contributed by atoms with E-state index < -0.39 is 17.7 Å². The second-order valence-electron chi connectivity index (χ2n) is 8.79. The maximum atomic E-state index is 13.4. The molecule has 0 aromatic heterocycles. The third-order valence-corrected chi connectivity index (χ3v) is 6.45. The number of aliphatic hydroxyl groups is 1. The Balaban J connectivity index is 1.60. The number of nitrogens with zero attached hydrogens (tertiary/aromatic N) is 1. The second kappa shape index (κ2) is 10.1. The number of carbonyl (C=O) groups excluding carboxylic acids is 3. The van der Waals surface area contributed by atoms with E-state index in [0.29, 0.717) is 23.4 Å². The fraction of sp³-hybridized carbons (Fsp3) is 0.129. The normalized spacial score (nSPS) is 16.8. The highest BCUT2D eigenvalue weighted by Gasteiger charge is 2.46. The number of anilines is 1. The smallest absolute Gasteiger partial charge is 0.310 e. The fourth-order valence-electron chi connectivity index (χ4n) is 4.69. The Labute approximate surface area is 214 Å². The first-order valence-corrected chi connectivity index (χ1v) is 12.1. The number of amides is 1. The van der Waals surface area contributed by atoms with Gasteiger partial charge in [-0.25, -0.2) is 0 Å². The first-order valence-electron chi connectivity index (χ1n) is 12.1. The molecule has 0 aliphatic carbocycles. The predicted molar refractivity (Wildman–Crippen MR) is 142 cm³/mol. The Kier molecular flexibility index (Phi) is 6.56. The molecule has 6 heteroatoms. The summed E-state index contributed by atoms with van der Waals surface area (Å²) in [6.07, 6.45) is 0.108. The van der Waals surface area contributed by atoms with Crippen molar-refractivity contribution in [1.82, 2.24) is 0 Å². The van der Waals surface area contributed by atoms with Gasteiger partial charge in [-0.2, -0.15) is 0 Å². The standard InChI is InChI=1S/C31H25NO5/c1-2-37-26(33)18-20-12-16-25(17-13-20)32-28(22-9-4-3-5-10-22)27(30(35)31(32)36)29(34)24-15-14-21-8-6-7-11-23(21)19-24/h3-17,19,28,34H,2,18H2,1H3/b29-27-. The van der Waals surface area contributed by atoms with Gasteiger partial charge in [-0.05, 0) is 47.0 Å². The zero-order valence-electron chi connectivity index (χ0n) is 20.3. The summed E-state index contributed by atoms with van der Waals surface area (Å²) in [7, 11) is 0. The number of esters is 1. The van der Waals surface area contributed by atoms with Gasteiger partial charge < -0.3 is 9.84 Å². The van der Waals surface area contributed by atoms with E-state index >= 15 is 0 Å². The van der Waals surface area contributed by atoms with E-state index in [1.54, 1.807) is 37.3 Å².